The number of nitrogens with one attached hydrogen (secondary N) is 2. The lowest BCUT2D eigenvalue weighted by Crippen LogP contribution is -2.41. The summed E-state index contributed by atoms with van der Waals surface area (Å²) in [6.45, 7) is 1.49. The second-order valence-corrected chi connectivity index (χ2v) is 9.90. The third-order valence-electron chi connectivity index (χ3n) is 5.16. The highest BCUT2D eigenvalue weighted by atomic mass is 35.5. The topological polar surface area (TPSA) is 159 Å². The van der Waals surface area contributed by atoms with E-state index in [-0.39, 0.29) is 10.7 Å². The molecule has 33 heavy (non-hydrogen) atoms. The number of anilines is 1. The first-order chi connectivity index (χ1) is 15.4. The zero-order valence-corrected chi connectivity index (χ0v) is 19.2. The second kappa shape index (κ2) is 9.32. The summed E-state index contributed by atoms with van der Waals surface area (Å²) in [6, 6.07) is 19.2. The van der Waals surface area contributed by atoms with Gasteiger partial charge in [-0.2, -0.15) is 0 Å². The van der Waals surface area contributed by atoms with Gasteiger partial charge in [-0.05, 0) is 42.3 Å². The maximum Gasteiger partial charge on any atom is 0.255 e. The molecule has 1 amide bonds. The fraction of sp³-hybridized carbons (Fsp3) is 0.130. The van der Waals surface area contributed by atoms with Crippen molar-refractivity contribution in [2.75, 3.05) is 5.32 Å². The lowest BCUT2D eigenvalue weighted by atomic mass is 9.92. The third kappa shape index (κ3) is 5.40. The van der Waals surface area contributed by atoms with Crippen molar-refractivity contribution >= 4 is 39.1 Å². The van der Waals surface area contributed by atoms with Crippen molar-refractivity contribution in [2.45, 2.75) is 22.8 Å². The van der Waals surface area contributed by atoms with Crippen LogP contribution in [0.1, 0.15) is 18.1 Å². The first kappa shape index (κ1) is 24.4. The minimum atomic E-state index is -3.91. The molecule has 0 saturated carbocycles. The zero-order valence-electron chi connectivity index (χ0n) is 17.6. The van der Waals surface area contributed by atoms with Gasteiger partial charge in [0.05, 0.1) is 4.90 Å². The first-order valence-corrected chi connectivity index (χ1v) is 11.7. The number of sulfonamides is 1. The summed E-state index contributed by atoms with van der Waals surface area (Å²) >= 11 is 6.52. The number of aliphatic hydroxyl groups excluding tert-OH is 1. The Kier molecular flexibility index (Phi) is 6.89. The molecule has 0 spiro atoms. The Hall–Kier alpha value is -3.24. The van der Waals surface area contributed by atoms with Crippen molar-refractivity contribution in [3.05, 3.63) is 83.9 Å². The molecule has 0 aliphatic heterocycles. The highest BCUT2D eigenvalue weighted by Gasteiger charge is 2.38. The van der Waals surface area contributed by atoms with Crippen LogP contribution in [0, 0.1) is 5.41 Å². The van der Waals surface area contributed by atoms with Crippen molar-refractivity contribution in [2.24, 2.45) is 10.9 Å². The van der Waals surface area contributed by atoms with Gasteiger partial charge in [0.1, 0.15) is 10.7 Å². The highest BCUT2D eigenvalue weighted by Crippen LogP contribution is 2.34. The number of alkyl halides is 1. The molecular formula is C23H23ClN4O4S. The number of hydrogen-bond donors (Lipinski definition) is 5. The molecule has 0 fully saturated rings. The van der Waals surface area contributed by atoms with E-state index in [0.717, 1.165) is 0 Å². The molecule has 0 aliphatic rings. The van der Waals surface area contributed by atoms with Crippen molar-refractivity contribution in [1.82, 2.24) is 0 Å². The van der Waals surface area contributed by atoms with E-state index >= 15 is 0 Å². The highest BCUT2D eigenvalue weighted by molar-refractivity contribution is 7.89. The lowest BCUT2D eigenvalue weighted by Gasteiger charge is -2.28. The Labute approximate surface area is 196 Å². The molecule has 7 N–H and O–H groups in total. The summed E-state index contributed by atoms with van der Waals surface area (Å²) in [5.41, 5.74) is 7.74. The average molecular weight is 487 g/mol. The SMILES string of the molecule is CC(Cl)(c1cccc(C(=N)N)c1)C(O)C(=O)Nc1ccc(-c2ccccc2S(N)(=O)=O)cc1. The quantitative estimate of drug-likeness (QED) is 0.197. The van der Waals surface area contributed by atoms with Crippen LogP contribution >= 0.6 is 11.6 Å². The van der Waals surface area contributed by atoms with Crippen LogP contribution < -0.4 is 16.2 Å². The summed E-state index contributed by atoms with van der Waals surface area (Å²) in [6.07, 6.45) is -1.62. The molecule has 3 aromatic carbocycles. The molecule has 172 valence electrons. The van der Waals surface area contributed by atoms with E-state index in [9.17, 15) is 18.3 Å². The first-order valence-electron chi connectivity index (χ1n) is 9.76. The van der Waals surface area contributed by atoms with E-state index in [1.807, 2.05) is 0 Å². The molecule has 2 atom stereocenters. The largest absolute Gasteiger partial charge is 0.384 e. The van der Waals surface area contributed by atoms with Gasteiger partial charge < -0.3 is 16.2 Å². The Morgan fingerprint density at radius 1 is 1.09 bits per heavy atom. The third-order valence-corrected chi connectivity index (χ3v) is 6.55. The molecule has 10 heteroatoms. The van der Waals surface area contributed by atoms with Crippen LogP contribution in [0.15, 0.2) is 77.7 Å². The fourth-order valence-electron chi connectivity index (χ4n) is 3.29. The number of amides is 1. The normalized spacial score (nSPS) is 14.2. The van der Waals surface area contributed by atoms with E-state index in [1.54, 1.807) is 66.7 Å². The Bertz CT molecular complexity index is 1310. The number of aliphatic hydroxyl groups is 1. The van der Waals surface area contributed by atoms with Gasteiger partial charge in [-0.1, -0.05) is 48.5 Å². The molecule has 0 heterocycles. The molecule has 0 saturated heterocycles. The lowest BCUT2D eigenvalue weighted by molar-refractivity contribution is -0.125. The van der Waals surface area contributed by atoms with Gasteiger partial charge in [0.15, 0.2) is 6.10 Å². The van der Waals surface area contributed by atoms with Crippen LogP contribution in [0.5, 0.6) is 0 Å². The second-order valence-electron chi connectivity index (χ2n) is 7.58. The number of nitrogens with two attached hydrogens (primary N) is 2. The molecule has 0 bridgehead atoms. The molecule has 3 aromatic rings. The van der Waals surface area contributed by atoms with Gasteiger partial charge in [0.25, 0.3) is 5.91 Å². The Morgan fingerprint density at radius 3 is 2.33 bits per heavy atom. The molecule has 2 unspecified atom stereocenters. The van der Waals surface area contributed by atoms with Gasteiger partial charge in [-0.15, -0.1) is 11.6 Å². The predicted octanol–water partition coefficient (Wildman–Crippen LogP) is 2.74. The van der Waals surface area contributed by atoms with E-state index in [0.29, 0.717) is 27.9 Å². The number of primary sulfonamides is 1. The number of halogens is 1. The average Bonchev–Trinajstić information content (AvgIpc) is 2.78. The van der Waals surface area contributed by atoms with Crippen LogP contribution in [-0.4, -0.2) is 31.4 Å². The van der Waals surface area contributed by atoms with Crippen LogP contribution in [0.4, 0.5) is 5.69 Å². The van der Waals surface area contributed by atoms with E-state index < -0.39 is 26.9 Å². The fourth-order valence-corrected chi connectivity index (χ4v) is 4.27. The summed E-state index contributed by atoms with van der Waals surface area (Å²) in [5.74, 6) is -0.897. The van der Waals surface area contributed by atoms with Gasteiger partial charge >= 0.3 is 0 Å². The zero-order chi connectivity index (χ0) is 24.4. The number of rotatable bonds is 7. The Balaban J connectivity index is 1.80. The smallest absolute Gasteiger partial charge is 0.255 e. The number of amidine groups is 1. The molecule has 0 aliphatic carbocycles. The number of carbonyl (C=O) groups excluding carboxylic acids is 1. The van der Waals surface area contributed by atoms with Crippen LogP contribution in [0.3, 0.4) is 0 Å². The van der Waals surface area contributed by atoms with Gasteiger partial charge in [-0.3, -0.25) is 10.2 Å². The number of carbonyl (C=O) groups is 1. The summed E-state index contributed by atoms with van der Waals surface area (Å²) in [5, 5.41) is 26.1. The van der Waals surface area contributed by atoms with Crippen molar-refractivity contribution in [1.29, 1.82) is 5.41 Å². The molecule has 8 nitrogen and oxygen atoms in total. The van der Waals surface area contributed by atoms with Crippen LogP contribution in [0.2, 0.25) is 0 Å². The minimum absolute atomic E-state index is 0.0112. The maximum atomic E-state index is 12.7. The van der Waals surface area contributed by atoms with E-state index in [1.165, 1.54) is 13.0 Å². The predicted molar refractivity (Wildman–Crippen MR) is 129 cm³/mol. The minimum Gasteiger partial charge on any atom is -0.384 e. The maximum absolute atomic E-state index is 12.7. The van der Waals surface area contributed by atoms with E-state index in [2.05, 4.69) is 5.32 Å². The summed E-state index contributed by atoms with van der Waals surface area (Å²) < 4.78 is 23.7. The molecule has 3 rings (SSSR count). The van der Waals surface area contributed by atoms with Gasteiger partial charge in [0.2, 0.25) is 10.0 Å². The number of hydrogen-bond acceptors (Lipinski definition) is 5. The Morgan fingerprint density at radius 2 is 1.73 bits per heavy atom. The number of benzene rings is 3. The summed E-state index contributed by atoms with van der Waals surface area (Å²) in [7, 11) is -3.91. The van der Waals surface area contributed by atoms with Crippen LogP contribution in [-0.2, 0) is 19.7 Å². The monoisotopic (exact) mass is 486 g/mol. The summed E-state index contributed by atoms with van der Waals surface area (Å²) in [4.78, 5) is 11.2. The van der Waals surface area contributed by atoms with Gasteiger partial charge in [0, 0.05) is 16.8 Å². The van der Waals surface area contributed by atoms with Crippen LogP contribution in [0.25, 0.3) is 11.1 Å². The van der Waals surface area contributed by atoms with Gasteiger partial charge in [-0.25, -0.2) is 13.6 Å². The molecule has 0 aromatic heterocycles. The van der Waals surface area contributed by atoms with Crippen molar-refractivity contribution in [3.63, 3.8) is 0 Å². The van der Waals surface area contributed by atoms with Crippen molar-refractivity contribution < 1.29 is 18.3 Å². The molecule has 0 radical (unpaired) electrons. The van der Waals surface area contributed by atoms with E-state index in [4.69, 9.17) is 27.9 Å². The standard InChI is InChI=1S/C23H23ClN4O4S/c1-23(24,16-6-4-5-15(13-16)21(25)26)20(29)22(30)28-17-11-9-14(10-12-17)18-7-2-3-8-19(18)33(27,31)32/h2-13,20,29H,1H3,(H3,25,26)(H,28,30)(H2,27,31,32). The van der Waals surface area contributed by atoms with Crippen molar-refractivity contribution in [3.8, 4) is 11.1 Å². The molecular weight excluding hydrogens is 464 g/mol. The number of nitrogen functional groups attached to an aromatic ring is 1.